The zero-order chi connectivity index (χ0) is 10.1. The van der Waals surface area contributed by atoms with Crippen LogP contribution in [0.25, 0.3) is 11.2 Å². The van der Waals surface area contributed by atoms with Gasteiger partial charge in [0.1, 0.15) is 5.82 Å². The van der Waals surface area contributed by atoms with Gasteiger partial charge >= 0.3 is 0 Å². The molecule has 0 aliphatic heterocycles. The first-order valence-corrected chi connectivity index (χ1v) is 4.27. The average Bonchev–Trinajstić information content (AvgIpc) is 2.56. The van der Waals surface area contributed by atoms with Crippen LogP contribution in [0.2, 0.25) is 0 Å². The van der Waals surface area contributed by atoms with E-state index < -0.39 is 0 Å². The van der Waals surface area contributed by atoms with Gasteiger partial charge in [0.05, 0.1) is 12.1 Å². The highest BCUT2D eigenvalue weighted by Crippen LogP contribution is 2.13. The van der Waals surface area contributed by atoms with E-state index in [2.05, 4.69) is 15.0 Å². The maximum absolute atomic E-state index is 11.4. The average molecular weight is 190 g/mol. The molecule has 0 saturated heterocycles. The second-order valence-electron chi connectivity index (χ2n) is 3.01. The number of Topliss-reactive ketones (excluding diaryl/α,β-unsaturated/α-hetero) is 1. The van der Waals surface area contributed by atoms with Crippen LogP contribution in [0.4, 0.5) is 0 Å². The molecule has 3 N–H and O–H groups in total. The monoisotopic (exact) mass is 190 g/mol. The summed E-state index contributed by atoms with van der Waals surface area (Å²) >= 11 is 0. The fraction of sp³-hybridized carbons (Fsp3) is 0.222. The molecule has 2 heterocycles. The number of aryl methyl sites for hydroxylation is 1. The lowest BCUT2D eigenvalue weighted by Gasteiger charge is -1.97. The minimum Gasteiger partial charge on any atom is -0.340 e. The third-order valence-corrected chi connectivity index (χ3v) is 2.00. The van der Waals surface area contributed by atoms with E-state index in [4.69, 9.17) is 5.73 Å². The van der Waals surface area contributed by atoms with E-state index in [0.717, 1.165) is 5.82 Å². The number of pyridine rings is 1. The van der Waals surface area contributed by atoms with Crippen molar-refractivity contribution in [3.05, 3.63) is 23.7 Å². The van der Waals surface area contributed by atoms with Gasteiger partial charge in [0, 0.05) is 11.8 Å². The van der Waals surface area contributed by atoms with Crippen molar-refractivity contribution in [1.29, 1.82) is 0 Å². The molecule has 72 valence electrons. The van der Waals surface area contributed by atoms with E-state index in [0.29, 0.717) is 16.7 Å². The standard InChI is InChI=1S/C9H10N4O/c1-5-12-8-6(7(14)4-10)2-3-11-9(8)13-5/h2-3H,4,10H2,1H3,(H,11,12,13). The van der Waals surface area contributed by atoms with E-state index in [1.165, 1.54) is 0 Å². The van der Waals surface area contributed by atoms with Crippen LogP contribution >= 0.6 is 0 Å². The maximum Gasteiger partial charge on any atom is 0.178 e. The predicted octanol–water partition coefficient (Wildman–Crippen LogP) is 0.408. The highest BCUT2D eigenvalue weighted by atomic mass is 16.1. The Morgan fingerprint density at radius 1 is 1.64 bits per heavy atom. The third kappa shape index (κ3) is 1.27. The van der Waals surface area contributed by atoms with Crippen molar-refractivity contribution in [3.8, 4) is 0 Å². The van der Waals surface area contributed by atoms with Crippen molar-refractivity contribution < 1.29 is 4.79 Å². The van der Waals surface area contributed by atoms with E-state index >= 15 is 0 Å². The molecule has 0 saturated carbocycles. The molecule has 0 atom stereocenters. The normalized spacial score (nSPS) is 10.7. The molecule has 0 bridgehead atoms. The number of aromatic nitrogens is 3. The zero-order valence-electron chi connectivity index (χ0n) is 7.74. The lowest BCUT2D eigenvalue weighted by atomic mass is 10.1. The molecule has 2 rings (SSSR count). The number of carbonyl (C=O) groups excluding carboxylic acids is 1. The highest BCUT2D eigenvalue weighted by molar-refractivity contribution is 6.06. The molecule has 0 unspecified atom stereocenters. The molecule has 2 aromatic heterocycles. The number of fused-ring (bicyclic) bond motifs is 1. The molecule has 5 nitrogen and oxygen atoms in total. The maximum atomic E-state index is 11.4. The minimum atomic E-state index is -0.110. The quantitative estimate of drug-likeness (QED) is 0.671. The number of rotatable bonds is 2. The number of hydrogen-bond acceptors (Lipinski definition) is 4. The number of hydrogen-bond donors (Lipinski definition) is 2. The molecule has 0 aliphatic rings. The summed E-state index contributed by atoms with van der Waals surface area (Å²) in [6, 6.07) is 1.65. The van der Waals surface area contributed by atoms with Crippen molar-refractivity contribution in [1.82, 2.24) is 15.0 Å². The van der Waals surface area contributed by atoms with Crippen LogP contribution in [-0.4, -0.2) is 27.3 Å². The summed E-state index contributed by atoms with van der Waals surface area (Å²) < 4.78 is 0. The number of nitrogens with zero attached hydrogens (tertiary/aromatic N) is 2. The number of nitrogens with two attached hydrogens (primary N) is 1. The fourth-order valence-electron chi connectivity index (χ4n) is 1.37. The van der Waals surface area contributed by atoms with Crippen molar-refractivity contribution >= 4 is 16.9 Å². The summed E-state index contributed by atoms with van der Waals surface area (Å²) in [5, 5.41) is 0. The fourth-order valence-corrected chi connectivity index (χ4v) is 1.37. The molecule has 0 radical (unpaired) electrons. The van der Waals surface area contributed by atoms with E-state index in [1.54, 1.807) is 12.3 Å². The van der Waals surface area contributed by atoms with Crippen molar-refractivity contribution in [2.75, 3.05) is 6.54 Å². The smallest absolute Gasteiger partial charge is 0.178 e. The lowest BCUT2D eigenvalue weighted by molar-refractivity contribution is 0.100. The lowest BCUT2D eigenvalue weighted by Crippen LogP contribution is -2.14. The van der Waals surface area contributed by atoms with E-state index in [1.807, 2.05) is 6.92 Å². The SMILES string of the molecule is Cc1nc2nccc(C(=O)CN)c2[nH]1. The highest BCUT2D eigenvalue weighted by Gasteiger charge is 2.11. The van der Waals surface area contributed by atoms with Crippen LogP contribution in [0.5, 0.6) is 0 Å². The second-order valence-corrected chi connectivity index (χ2v) is 3.01. The van der Waals surface area contributed by atoms with Gasteiger partial charge < -0.3 is 10.7 Å². The summed E-state index contributed by atoms with van der Waals surface area (Å²) in [7, 11) is 0. The first-order valence-electron chi connectivity index (χ1n) is 4.27. The Kier molecular flexibility index (Phi) is 2.01. The molecule has 2 aromatic rings. The van der Waals surface area contributed by atoms with Gasteiger partial charge in [-0.25, -0.2) is 9.97 Å². The molecule has 0 fully saturated rings. The van der Waals surface area contributed by atoms with Gasteiger partial charge in [0.15, 0.2) is 11.4 Å². The van der Waals surface area contributed by atoms with Gasteiger partial charge in [0.25, 0.3) is 0 Å². The Morgan fingerprint density at radius 2 is 2.43 bits per heavy atom. The number of imidazole rings is 1. The number of aromatic amines is 1. The van der Waals surface area contributed by atoms with Crippen molar-refractivity contribution in [2.24, 2.45) is 5.73 Å². The van der Waals surface area contributed by atoms with Gasteiger partial charge in [-0.1, -0.05) is 0 Å². The number of ketones is 1. The molecular formula is C9H10N4O. The van der Waals surface area contributed by atoms with Crippen LogP contribution in [-0.2, 0) is 0 Å². The summed E-state index contributed by atoms with van der Waals surface area (Å²) in [6.07, 6.45) is 1.56. The van der Waals surface area contributed by atoms with Crippen LogP contribution in [0, 0.1) is 6.92 Å². The second kappa shape index (κ2) is 3.19. The van der Waals surface area contributed by atoms with Gasteiger partial charge in [0.2, 0.25) is 0 Å². The summed E-state index contributed by atoms with van der Waals surface area (Å²) in [5.74, 6) is 0.630. The predicted molar refractivity (Wildman–Crippen MR) is 52.0 cm³/mol. The molecule has 5 heteroatoms. The Hall–Kier alpha value is -1.75. The largest absolute Gasteiger partial charge is 0.340 e. The summed E-state index contributed by atoms with van der Waals surface area (Å²) in [4.78, 5) is 22.6. The van der Waals surface area contributed by atoms with Gasteiger partial charge in [-0.15, -0.1) is 0 Å². The van der Waals surface area contributed by atoms with Crippen LogP contribution < -0.4 is 5.73 Å². The molecular weight excluding hydrogens is 180 g/mol. The molecule has 0 aromatic carbocycles. The number of nitrogens with one attached hydrogen (secondary N) is 1. The number of H-pyrrole nitrogens is 1. The minimum absolute atomic E-state index is 0.00280. The van der Waals surface area contributed by atoms with Gasteiger partial charge in [-0.2, -0.15) is 0 Å². The van der Waals surface area contributed by atoms with E-state index in [-0.39, 0.29) is 12.3 Å². The van der Waals surface area contributed by atoms with Crippen LogP contribution in [0.1, 0.15) is 16.2 Å². The first kappa shape index (κ1) is 8.83. The molecule has 0 amide bonds. The number of carbonyl (C=O) groups is 1. The Labute approximate surface area is 80.4 Å². The van der Waals surface area contributed by atoms with Gasteiger partial charge in [-0.3, -0.25) is 4.79 Å². The first-order chi connectivity index (χ1) is 6.72. The molecule has 14 heavy (non-hydrogen) atoms. The zero-order valence-corrected chi connectivity index (χ0v) is 7.74. The topological polar surface area (TPSA) is 84.7 Å². The third-order valence-electron chi connectivity index (χ3n) is 2.00. The molecule has 0 aliphatic carbocycles. The van der Waals surface area contributed by atoms with Gasteiger partial charge in [-0.05, 0) is 13.0 Å². The van der Waals surface area contributed by atoms with E-state index in [9.17, 15) is 4.79 Å². The van der Waals surface area contributed by atoms with Crippen LogP contribution in [0.3, 0.4) is 0 Å². The Morgan fingerprint density at radius 3 is 3.14 bits per heavy atom. The Bertz CT molecular complexity index is 489. The summed E-state index contributed by atoms with van der Waals surface area (Å²) in [6.45, 7) is 1.82. The summed E-state index contributed by atoms with van der Waals surface area (Å²) in [5.41, 5.74) is 7.08. The van der Waals surface area contributed by atoms with Crippen molar-refractivity contribution in [3.63, 3.8) is 0 Å². The van der Waals surface area contributed by atoms with Crippen molar-refractivity contribution in [2.45, 2.75) is 6.92 Å². The molecule has 0 spiro atoms. The Balaban J connectivity index is 2.70. The van der Waals surface area contributed by atoms with Crippen LogP contribution in [0.15, 0.2) is 12.3 Å².